The SMILES string of the molecule is CCNC(=O)C1=NC=C/N=C(CC)/C=C\1. The fourth-order valence-electron chi connectivity index (χ4n) is 1.10. The highest BCUT2D eigenvalue weighted by Crippen LogP contribution is 1.96. The van der Waals surface area contributed by atoms with Crippen LogP contribution in [-0.2, 0) is 4.79 Å². The van der Waals surface area contributed by atoms with E-state index in [4.69, 9.17) is 0 Å². The predicted octanol–water partition coefficient (Wildman–Crippen LogP) is 1.46. The third-order valence-corrected chi connectivity index (χ3v) is 1.89. The molecule has 0 unspecified atom stereocenters. The van der Waals surface area contributed by atoms with E-state index in [1.807, 2.05) is 19.9 Å². The average molecular weight is 205 g/mol. The van der Waals surface area contributed by atoms with Gasteiger partial charge in [0.1, 0.15) is 5.71 Å². The van der Waals surface area contributed by atoms with Crippen LogP contribution in [0, 0.1) is 0 Å². The molecule has 1 amide bonds. The maximum absolute atomic E-state index is 11.5. The van der Waals surface area contributed by atoms with Crippen molar-refractivity contribution >= 4 is 17.3 Å². The number of allylic oxidation sites excluding steroid dienone is 1. The molecule has 1 rings (SSSR count). The van der Waals surface area contributed by atoms with E-state index in [-0.39, 0.29) is 5.91 Å². The molecule has 1 aliphatic heterocycles. The Hall–Kier alpha value is -1.71. The molecule has 1 N–H and O–H groups in total. The van der Waals surface area contributed by atoms with Crippen molar-refractivity contribution in [3.63, 3.8) is 0 Å². The molecular formula is C11H15N3O. The zero-order chi connectivity index (χ0) is 11.1. The van der Waals surface area contributed by atoms with Crippen LogP contribution in [0.1, 0.15) is 20.3 Å². The number of hydrogen-bond donors (Lipinski definition) is 1. The Kier molecular flexibility index (Phi) is 4.47. The molecule has 0 aromatic carbocycles. The summed E-state index contributed by atoms with van der Waals surface area (Å²) in [5, 5.41) is 2.70. The smallest absolute Gasteiger partial charge is 0.269 e. The Morgan fingerprint density at radius 2 is 2.00 bits per heavy atom. The van der Waals surface area contributed by atoms with Gasteiger partial charge < -0.3 is 5.32 Å². The Labute approximate surface area is 89.5 Å². The predicted molar refractivity (Wildman–Crippen MR) is 62.1 cm³/mol. The first-order chi connectivity index (χ1) is 7.27. The molecule has 0 aliphatic carbocycles. The molecule has 80 valence electrons. The molecule has 1 aliphatic rings. The van der Waals surface area contributed by atoms with Crippen LogP contribution in [-0.4, -0.2) is 23.9 Å². The lowest BCUT2D eigenvalue weighted by Crippen LogP contribution is -2.29. The second kappa shape index (κ2) is 5.90. The Balaban J connectivity index is 2.80. The minimum atomic E-state index is -0.157. The third-order valence-electron chi connectivity index (χ3n) is 1.89. The van der Waals surface area contributed by atoms with Gasteiger partial charge in [-0.25, -0.2) is 4.99 Å². The van der Waals surface area contributed by atoms with Gasteiger partial charge >= 0.3 is 0 Å². The van der Waals surface area contributed by atoms with Crippen molar-refractivity contribution in [2.24, 2.45) is 9.98 Å². The summed E-state index contributed by atoms with van der Waals surface area (Å²) in [5.74, 6) is -0.157. The molecule has 4 heteroatoms. The minimum absolute atomic E-state index is 0.157. The van der Waals surface area contributed by atoms with E-state index in [1.165, 1.54) is 6.20 Å². The minimum Gasteiger partial charge on any atom is -0.351 e. The maximum atomic E-state index is 11.5. The summed E-state index contributed by atoms with van der Waals surface area (Å²) in [6.45, 7) is 4.49. The monoisotopic (exact) mass is 205 g/mol. The van der Waals surface area contributed by atoms with Gasteiger partial charge in [-0.05, 0) is 25.5 Å². The summed E-state index contributed by atoms with van der Waals surface area (Å²) in [5.41, 5.74) is 1.34. The second-order valence-electron chi connectivity index (χ2n) is 2.98. The maximum Gasteiger partial charge on any atom is 0.269 e. The van der Waals surface area contributed by atoms with Gasteiger partial charge in [0.05, 0.1) is 0 Å². The van der Waals surface area contributed by atoms with Crippen molar-refractivity contribution in [3.05, 3.63) is 24.6 Å². The van der Waals surface area contributed by atoms with E-state index in [9.17, 15) is 4.79 Å². The zero-order valence-electron chi connectivity index (χ0n) is 9.03. The molecule has 0 fully saturated rings. The van der Waals surface area contributed by atoms with Gasteiger partial charge in [-0.2, -0.15) is 0 Å². The van der Waals surface area contributed by atoms with E-state index in [0.717, 1.165) is 12.1 Å². The van der Waals surface area contributed by atoms with Crippen LogP contribution in [0.25, 0.3) is 0 Å². The first-order valence-electron chi connectivity index (χ1n) is 5.03. The summed E-state index contributed by atoms with van der Waals surface area (Å²) in [7, 11) is 0. The van der Waals surface area contributed by atoms with Gasteiger partial charge in [-0.1, -0.05) is 6.92 Å². The van der Waals surface area contributed by atoms with Gasteiger partial charge in [0, 0.05) is 24.7 Å². The normalized spacial score (nSPS) is 20.7. The fraction of sp³-hybridized carbons (Fsp3) is 0.364. The van der Waals surface area contributed by atoms with Crippen molar-refractivity contribution in [3.8, 4) is 0 Å². The molecule has 15 heavy (non-hydrogen) atoms. The standard InChI is InChI=1S/C11H15N3O/c1-3-9-5-6-10(11(15)12-4-2)14-8-7-13-9/h5-8H,3-4H2,1-2H3,(H,12,15)/b6-5-,8-7?,9-5?,10-6?,13-7?,13-9+,14-8?,14-10?. The summed E-state index contributed by atoms with van der Waals surface area (Å²) >= 11 is 0. The molecule has 0 aromatic rings. The molecule has 0 bridgehead atoms. The molecule has 0 saturated carbocycles. The van der Waals surface area contributed by atoms with Gasteiger partial charge in [0.25, 0.3) is 5.91 Å². The van der Waals surface area contributed by atoms with E-state index in [1.54, 1.807) is 12.3 Å². The van der Waals surface area contributed by atoms with Gasteiger partial charge in [0.2, 0.25) is 0 Å². The first kappa shape index (κ1) is 11.4. The van der Waals surface area contributed by atoms with Gasteiger partial charge in [-0.3, -0.25) is 9.79 Å². The summed E-state index contributed by atoms with van der Waals surface area (Å²) in [6, 6.07) is 0. The highest BCUT2D eigenvalue weighted by molar-refractivity contribution is 6.44. The first-order valence-corrected chi connectivity index (χ1v) is 5.03. The largest absolute Gasteiger partial charge is 0.351 e. The topological polar surface area (TPSA) is 53.8 Å². The van der Waals surface area contributed by atoms with Crippen LogP contribution in [0.4, 0.5) is 0 Å². The number of nitrogens with zero attached hydrogens (tertiary/aromatic N) is 2. The quantitative estimate of drug-likeness (QED) is 0.745. The second-order valence-corrected chi connectivity index (χ2v) is 2.98. The fourth-order valence-corrected chi connectivity index (χ4v) is 1.10. The van der Waals surface area contributed by atoms with Crippen molar-refractivity contribution < 1.29 is 4.79 Å². The lowest BCUT2D eigenvalue weighted by molar-refractivity contribution is -0.114. The average Bonchev–Trinajstić information content (AvgIpc) is 2.18. The van der Waals surface area contributed by atoms with Crippen LogP contribution in [0.15, 0.2) is 34.5 Å². The van der Waals surface area contributed by atoms with Crippen LogP contribution in [0.2, 0.25) is 0 Å². The molecule has 0 radical (unpaired) electrons. The lowest BCUT2D eigenvalue weighted by atomic mass is 10.2. The van der Waals surface area contributed by atoms with Crippen molar-refractivity contribution in [2.45, 2.75) is 20.3 Å². The number of rotatable bonds is 3. The summed E-state index contributed by atoms with van der Waals surface area (Å²) in [4.78, 5) is 19.6. The highest BCUT2D eigenvalue weighted by Gasteiger charge is 2.06. The van der Waals surface area contributed by atoms with Crippen LogP contribution < -0.4 is 5.32 Å². The number of hydrogen-bond acceptors (Lipinski definition) is 3. The van der Waals surface area contributed by atoms with Crippen molar-refractivity contribution in [2.75, 3.05) is 6.54 Å². The van der Waals surface area contributed by atoms with E-state index in [2.05, 4.69) is 15.3 Å². The molecule has 0 saturated heterocycles. The Bertz CT molecular complexity index is 351. The molecular weight excluding hydrogens is 190 g/mol. The van der Waals surface area contributed by atoms with Crippen LogP contribution >= 0.6 is 0 Å². The van der Waals surface area contributed by atoms with E-state index in [0.29, 0.717) is 12.3 Å². The lowest BCUT2D eigenvalue weighted by Gasteiger charge is -2.02. The Morgan fingerprint density at radius 1 is 1.27 bits per heavy atom. The number of aliphatic imine (C=N–C) groups is 2. The molecule has 4 nitrogen and oxygen atoms in total. The van der Waals surface area contributed by atoms with E-state index >= 15 is 0 Å². The van der Waals surface area contributed by atoms with Crippen molar-refractivity contribution in [1.82, 2.24) is 5.32 Å². The third kappa shape index (κ3) is 3.50. The van der Waals surface area contributed by atoms with Crippen LogP contribution in [0.3, 0.4) is 0 Å². The zero-order valence-corrected chi connectivity index (χ0v) is 9.03. The molecule has 0 atom stereocenters. The van der Waals surface area contributed by atoms with Gasteiger partial charge in [-0.15, -0.1) is 0 Å². The Morgan fingerprint density at radius 3 is 2.67 bits per heavy atom. The summed E-state index contributed by atoms with van der Waals surface area (Å²) < 4.78 is 0. The number of nitrogens with one attached hydrogen (secondary N) is 1. The highest BCUT2D eigenvalue weighted by atomic mass is 16.1. The number of carbonyl (C=O) groups excluding carboxylic acids is 1. The molecule has 0 spiro atoms. The van der Waals surface area contributed by atoms with E-state index < -0.39 is 0 Å². The van der Waals surface area contributed by atoms with Gasteiger partial charge in [0.15, 0.2) is 0 Å². The summed E-state index contributed by atoms with van der Waals surface area (Å²) in [6.07, 6.45) is 7.48. The van der Waals surface area contributed by atoms with Crippen molar-refractivity contribution in [1.29, 1.82) is 0 Å². The number of amides is 1. The van der Waals surface area contributed by atoms with Crippen LogP contribution in [0.5, 0.6) is 0 Å². The molecule has 1 heterocycles. The molecule has 0 aromatic heterocycles. The number of carbonyl (C=O) groups is 1.